The molecular formula is C21H16N2O3. The standard InChI is InChI=1S/C21H16N2O3/c1-23-13-15(7-10-20(24)25)21-18(23)5-2-6-19(21)26-16-8-9-17-14(12-16)4-3-11-22-17/h2-13H,1H3,(H,24,25)/b10-7+. The predicted molar refractivity (Wildman–Crippen MR) is 101 cm³/mol. The lowest BCUT2D eigenvalue weighted by Crippen LogP contribution is -1.88. The van der Waals surface area contributed by atoms with Crippen LogP contribution in [0.15, 0.2) is 67.0 Å². The molecular weight excluding hydrogens is 328 g/mol. The Labute approximate surface area is 149 Å². The second kappa shape index (κ2) is 6.37. The number of ether oxygens (including phenoxy) is 1. The van der Waals surface area contributed by atoms with E-state index in [1.54, 1.807) is 12.3 Å². The summed E-state index contributed by atoms with van der Waals surface area (Å²) in [5, 5.41) is 10.8. The monoisotopic (exact) mass is 344 g/mol. The van der Waals surface area contributed by atoms with Crippen LogP contribution in [-0.4, -0.2) is 20.6 Å². The molecule has 0 aliphatic heterocycles. The molecule has 0 unspecified atom stereocenters. The number of fused-ring (bicyclic) bond motifs is 2. The first-order valence-corrected chi connectivity index (χ1v) is 8.13. The molecule has 5 nitrogen and oxygen atoms in total. The normalized spacial score (nSPS) is 11.4. The van der Waals surface area contributed by atoms with Crippen LogP contribution in [0.2, 0.25) is 0 Å². The molecule has 2 heterocycles. The van der Waals surface area contributed by atoms with Gasteiger partial charge < -0.3 is 14.4 Å². The van der Waals surface area contributed by atoms with Crippen LogP contribution in [0.5, 0.6) is 11.5 Å². The van der Waals surface area contributed by atoms with E-state index in [1.165, 1.54) is 0 Å². The molecule has 0 saturated carbocycles. The molecule has 4 rings (SSSR count). The highest BCUT2D eigenvalue weighted by Gasteiger charge is 2.11. The number of aromatic nitrogens is 2. The van der Waals surface area contributed by atoms with Crippen molar-refractivity contribution in [1.82, 2.24) is 9.55 Å². The highest BCUT2D eigenvalue weighted by atomic mass is 16.5. The van der Waals surface area contributed by atoms with Crippen LogP contribution in [0.25, 0.3) is 27.9 Å². The molecule has 2 aromatic carbocycles. The Morgan fingerprint density at radius 2 is 2.08 bits per heavy atom. The Kier molecular flexibility index (Phi) is 3.89. The Morgan fingerprint density at radius 1 is 1.19 bits per heavy atom. The largest absolute Gasteiger partial charge is 0.478 e. The van der Waals surface area contributed by atoms with Crippen molar-refractivity contribution in [2.75, 3.05) is 0 Å². The minimum atomic E-state index is -0.984. The van der Waals surface area contributed by atoms with Crippen molar-refractivity contribution in [1.29, 1.82) is 0 Å². The molecule has 0 bridgehead atoms. The van der Waals surface area contributed by atoms with Crippen LogP contribution in [0.3, 0.4) is 0 Å². The fourth-order valence-corrected chi connectivity index (χ4v) is 3.06. The number of nitrogens with zero attached hydrogens (tertiary/aromatic N) is 2. The van der Waals surface area contributed by atoms with Crippen molar-refractivity contribution in [3.63, 3.8) is 0 Å². The summed E-state index contributed by atoms with van der Waals surface area (Å²) in [5.74, 6) is 0.397. The first-order valence-electron chi connectivity index (χ1n) is 8.13. The number of carboxylic acids is 1. The summed E-state index contributed by atoms with van der Waals surface area (Å²) in [6, 6.07) is 15.4. The minimum Gasteiger partial charge on any atom is -0.478 e. The Hall–Kier alpha value is -3.60. The third kappa shape index (κ3) is 2.91. The summed E-state index contributed by atoms with van der Waals surface area (Å²) < 4.78 is 8.09. The van der Waals surface area contributed by atoms with E-state index < -0.39 is 5.97 Å². The fourth-order valence-electron chi connectivity index (χ4n) is 3.06. The van der Waals surface area contributed by atoms with Gasteiger partial charge in [0.25, 0.3) is 0 Å². The molecule has 2 aromatic heterocycles. The third-order valence-corrected chi connectivity index (χ3v) is 4.21. The average Bonchev–Trinajstić information content (AvgIpc) is 2.97. The quantitative estimate of drug-likeness (QED) is 0.549. The number of pyridine rings is 1. The number of hydrogen-bond acceptors (Lipinski definition) is 3. The van der Waals surface area contributed by atoms with Crippen LogP contribution in [0.1, 0.15) is 5.56 Å². The van der Waals surface area contributed by atoms with Crippen LogP contribution in [0, 0.1) is 0 Å². The van der Waals surface area contributed by atoms with E-state index in [9.17, 15) is 4.79 Å². The van der Waals surface area contributed by atoms with E-state index in [-0.39, 0.29) is 0 Å². The molecule has 0 radical (unpaired) electrons. The Morgan fingerprint density at radius 3 is 2.92 bits per heavy atom. The topological polar surface area (TPSA) is 64.4 Å². The number of aliphatic carboxylic acids is 1. The second-order valence-electron chi connectivity index (χ2n) is 5.98. The molecule has 0 amide bonds. The van der Waals surface area contributed by atoms with Crippen LogP contribution >= 0.6 is 0 Å². The van der Waals surface area contributed by atoms with Gasteiger partial charge in [-0.3, -0.25) is 4.98 Å². The van der Waals surface area contributed by atoms with Gasteiger partial charge in [-0.25, -0.2) is 4.79 Å². The van der Waals surface area contributed by atoms with Crippen LogP contribution < -0.4 is 4.74 Å². The van der Waals surface area contributed by atoms with Gasteiger partial charge in [0.2, 0.25) is 0 Å². The van der Waals surface area contributed by atoms with E-state index in [4.69, 9.17) is 9.84 Å². The van der Waals surface area contributed by atoms with Gasteiger partial charge in [0.05, 0.1) is 11.0 Å². The van der Waals surface area contributed by atoms with Crippen molar-refractivity contribution in [2.24, 2.45) is 7.05 Å². The van der Waals surface area contributed by atoms with Crippen molar-refractivity contribution in [2.45, 2.75) is 0 Å². The third-order valence-electron chi connectivity index (χ3n) is 4.21. The Balaban J connectivity index is 1.81. The van der Waals surface area contributed by atoms with Crippen molar-refractivity contribution >= 4 is 33.9 Å². The molecule has 1 N–H and O–H groups in total. The summed E-state index contributed by atoms with van der Waals surface area (Å²) >= 11 is 0. The highest BCUT2D eigenvalue weighted by Crippen LogP contribution is 2.34. The molecule has 5 heteroatoms. The van der Waals surface area contributed by atoms with Gasteiger partial charge in [0.15, 0.2) is 0 Å². The lowest BCUT2D eigenvalue weighted by Gasteiger charge is -2.09. The number of hydrogen-bond donors (Lipinski definition) is 1. The second-order valence-corrected chi connectivity index (χ2v) is 5.98. The predicted octanol–water partition coefficient (Wildman–Crippen LogP) is 4.62. The van der Waals surface area contributed by atoms with Gasteiger partial charge >= 0.3 is 5.97 Å². The van der Waals surface area contributed by atoms with E-state index in [0.29, 0.717) is 11.5 Å². The summed E-state index contributed by atoms with van der Waals surface area (Å²) in [5.41, 5.74) is 2.67. The number of carboxylic acid groups (broad SMARTS) is 1. The Bertz CT molecular complexity index is 1160. The molecule has 0 aliphatic carbocycles. The van der Waals surface area contributed by atoms with Crippen molar-refractivity contribution < 1.29 is 14.6 Å². The molecule has 4 aromatic rings. The van der Waals surface area contributed by atoms with Gasteiger partial charge in [-0.1, -0.05) is 12.1 Å². The molecule has 128 valence electrons. The lowest BCUT2D eigenvalue weighted by molar-refractivity contribution is -0.131. The number of carbonyl (C=O) groups is 1. The summed E-state index contributed by atoms with van der Waals surface area (Å²) in [7, 11) is 1.92. The number of benzene rings is 2. The first kappa shape index (κ1) is 15.9. The van der Waals surface area contributed by atoms with Crippen LogP contribution in [-0.2, 0) is 11.8 Å². The molecule has 26 heavy (non-hydrogen) atoms. The van der Waals surface area contributed by atoms with E-state index in [0.717, 1.165) is 33.4 Å². The van der Waals surface area contributed by atoms with Gasteiger partial charge in [0.1, 0.15) is 11.5 Å². The minimum absolute atomic E-state index is 0.677. The van der Waals surface area contributed by atoms with E-state index in [2.05, 4.69) is 4.98 Å². The van der Waals surface area contributed by atoms with Crippen LogP contribution in [0.4, 0.5) is 0 Å². The van der Waals surface area contributed by atoms with Crippen molar-refractivity contribution in [3.05, 3.63) is 72.6 Å². The maximum Gasteiger partial charge on any atom is 0.328 e. The zero-order valence-electron chi connectivity index (χ0n) is 14.1. The zero-order chi connectivity index (χ0) is 18.1. The molecule has 0 atom stereocenters. The van der Waals surface area contributed by atoms with Gasteiger partial charge in [-0.2, -0.15) is 0 Å². The van der Waals surface area contributed by atoms with Gasteiger partial charge in [-0.15, -0.1) is 0 Å². The lowest BCUT2D eigenvalue weighted by atomic mass is 10.1. The highest BCUT2D eigenvalue weighted by molar-refractivity contribution is 5.97. The molecule has 0 fully saturated rings. The summed E-state index contributed by atoms with van der Waals surface area (Å²) in [6.45, 7) is 0. The maximum absolute atomic E-state index is 10.9. The van der Waals surface area contributed by atoms with E-state index >= 15 is 0 Å². The smallest absolute Gasteiger partial charge is 0.328 e. The summed E-state index contributed by atoms with van der Waals surface area (Å²) in [6.07, 6.45) is 6.37. The fraction of sp³-hybridized carbons (Fsp3) is 0.0476. The van der Waals surface area contributed by atoms with E-state index in [1.807, 2.05) is 66.3 Å². The summed E-state index contributed by atoms with van der Waals surface area (Å²) in [4.78, 5) is 15.2. The SMILES string of the molecule is Cn1cc(/C=C/C(=O)O)c2c(Oc3ccc4ncccc4c3)cccc21. The van der Waals surface area contributed by atoms with Gasteiger partial charge in [0, 0.05) is 41.9 Å². The first-order chi connectivity index (χ1) is 12.6. The zero-order valence-corrected chi connectivity index (χ0v) is 14.1. The molecule has 0 saturated heterocycles. The maximum atomic E-state index is 10.9. The van der Waals surface area contributed by atoms with Crippen molar-refractivity contribution in [3.8, 4) is 11.5 Å². The molecule has 0 aliphatic rings. The number of rotatable bonds is 4. The van der Waals surface area contributed by atoms with Gasteiger partial charge in [-0.05, 0) is 42.5 Å². The molecule has 0 spiro atoms. The number of aryl methyl sites for hydroxylation is 1. The average molecular weight is 344 g/mol.